The molecule has 1 aromatic heterocycles. The number of hydrogen-bond donors (Lipinski definition) is 8. The van der Waals surface area contributed by atoms with Gasteiger partial charge in [0.05, 0.1) is 32.8 Å². The zero-order valence-corrected chi connectivity index (χ0v) is 22.2. The van der Waals surface area contributed by atoms with Crippen LogP contribution in [-0.4, -0.2) is 124 Å². The van der Waals surface area contributed by atoms with Crippen LogP contribution in [0.15, 0.2) is 27.4 Å². The SMILES string of the molecule is COc1cc(O)c2oc3c(O)c(O[C@@H]4O[C@H](CO[C@@H]5OC[C@@H](O)[C@H](O)[C@H]5O)[C@@H](O)[C@H](O)[C@H]4O)ccc3c(=O)c2c1OC. The molecule has 3 aromatic rings. The Hall–Kier alpha value is -3.45. The van der Waals surface area contributed by atoms with Gasteiger partial charge < -0.3 is 73.7 Å². The number of ether oxygens (including phenoxy) is 6. The Kier molecular flexibility index (Phi) is 8.35. The van der Waals surface area contributed by atoms with Crippen molar-refractivity contribution in [3.05, 3.63) is 28.4 Å². The van der Waals surface area contributed by atoms with E-state index in [1.807, 2.05) is 0 Å². The fraction of sp³-hybridized carbons (Fsp3) is 0.500. The summed E-state index contributed by atoms with van der Waals surface area (Å²) in [6.45, 7) is -0.862. The normalized spacial score (nSPS) is 31.8. The molecule has 0 aliphatic carbocycles. The van der Waals surface area contributed by atoms with Crippen molar-refractivity contribution in [1.29, 1.82) is 0 Å². The summed E-state index contributed by atoms with van der Waals surface area (Å²) in [7, 11) is 2.61. The molecule has 8 N–H and O–H groups in total. The number of phenolic OH excluding ortho intramolecular Hbond substituents is 2. The topological polar surface area (TPSA) is 247 Å². The molecule has 0 unspecified atom stereocenters. The number of hydrogen-bond acceptors (Lipinski definition) is 16. The van der Waals surface area contributed by atoms with E-state index < -0.39 is 78.8 Å². The maximum Gasteiger partial charge on any atom is 0.229 e. The molecule has 2 saturated heterocycles. The Morgan fingerprint density at radius 1 is 0.857 bits per heavy atom. The number of rotatable bonds is 7. The summed E-state index contributed by atoms with van der Waals surface area (Å²) in [4.78, 5) is 13.3. The van der Waals surface area contributed by atoms with Crippen molar-refractivity contribution in [3.63, 3.8) is 0 Å². The van der Waals surface area contributed by atoms with Gasteiger partial charge in [-0.05, 0) is 12.1 Å². The molecule has 230 valence electrons. The third kappa shape index (κ3) is 5.06. The van der Waals surface area contributed by atoms with Crippen LogP contribution in [0.3, 0.4) is 0 Å². The number of phenols is 2. The first-order chi connectivity index (χ1) is 20.0. The minimum atomic E-state index is -1.83. The van der Waals surface area contributed by atoms with Crippen molar-refractivity contribution in [2.24, 2.45) is 0 Å². The van der Waals surface area contributed by atoms with Crippen LogP contribution in [0.4, 0.5) is 0 Å². The molecule has 42 heavy (non-hydrogen) atoms. The quantitative estimate of drug-likeness (QED) is 0.137. The van der Waals surface area contributed by atoms with Gasteiger partial charge in [-0.3, -0.25) is 4.79 Å². The van der Waals surface area contributed by atoms with E-state index in [0.717, 1.165) is 6.07 Å². The van der Waals surface area contributed by atoms with Gasteiger partial charge in [-0.1, -0.05) is 0 Å². The Morgan fingerprint density at radius 3 is 2.26 bits per heavy atom. The summed E-state index contributed by atoms with van der Waals surface area (Å²) in [6.07, 6.45) is -14.3. The van der Waals surface area contributed by atoms with Crippen LogP contribution in [0.25, 0.3) is 21.9 Å². The number of aliphatic hydroxyl groups is 6. The van der Waals surface area contributed by atoms with E-state index >= 15 is 0 Å². The Labute approximate surface area is 236 Å². The highest BCUT2D eigenvalue weighted by molar-refractivity contribution is 5.99. The van der Waals surface area contributed by atoms with Crippen molar-refractivity contribution in [2.45, 2.75) is 55.3 Å². The lowest BCUT2D eigenvalue weighted by atomic mass is 9.99. The van der Waals surface area contributed by atoms with Gasteiger partial charge in [0, 0.05) is 6.07 Å². The maximum atomic E-state index is 13.3. The van der Waals surface area contributed by atoms with Crippen LogP contribution >= 0.6 is 0 Å². The molecule has 5 rings (SSSR count). The van der Waals surface area contributed by atoms with Gasteiger partial charge in [-0.25, -0.2) is 0 Å². The molecule has 9 atom stereocenters. The van der Waals surface area contributed by atoms with Gasteiger partial charge in [0.1, 0.15) is 48.1 Å². The summed E-state index contributed by atoms with van der Waals surface area (Å²) >= 11 is 0. The highest BCUT2D eigenvalue weighted by Gasteiger charge is 2.46. The third-order valence-electron chi connectivity index (χ3n) is 7.16. The molecule has 16 heteroatoms. The second kappa shape index (κ2) is 11.7. The van der Waals surface area contributed by atoms with Crippen molar-refractivity contribution < 1.29 is 73.7 Å². The summed E-state index contributed by atoms with van der Waals surface area (Å²) in [5.41, 5.74) is -1.37. The molecule has 3 heterocycles. The second-order valence-electron chi connectivity index (χ2n) is 9.77. The predicted octanol–water partition coefficient (Wildman–Crippen LogP) is -1.98. The molecule has 0 amide bonds. The van der Waals surface area contributed by atoms with Crippen LogP contribution in [0.1, 0.15) is 0 Å². The zero-order valence-electron chi connectivity index (χ0n) is 22.2. The third-order valence-corrected chi connectivity index (χ3v) is 7.16. The fourth-order valence-electron chi connectivity index (χ4n) is 4.83. The number of aliphatic hydroxyl groups excluding tert-OH is 6. The van der Waals surface area contributed by atoms with E-state index in [2.05, 4.69) is 0 Å². The van der Waals surface area contributed by atoms with E-state index in [4.69, 9.17) is 32.8 Å². The van der Waals surface area contributed by atoms with Gasteiger partial charge >= 0.3 is 0 Å². The van der Waals surface area contributed by atoms with E-state index in [9.17, 15) is 45.6 Å². The van der Waals surface area contributed by atoms with E-state index in [1.54, 1.807) is 0 Å². The summed E-state index contributed by atoms with van der Waals surface area (Å²) in [5, 5.41) is 81.9. The Bertz CT molecular complexity index is 1510. The van der Waals surface area contributed by atoms with Crippen LogP contribution < -0.4 is 19.6 Å². The fourth-order valence-corrected chi connectivity index (χ4v) is 4.83. The molecule has 2 aromatic carbocycles. The van der Waals surface area contributed by atoms with Gasteiger partial charge in [-0.15, -0.1) is 0 Å². The van der Waals surface area contributed by atoms with Crippen LogP contribution in [0, 0.1) is 0 Å². The molecule has 2 aliphatic rings. The van der Waals surface area contributed by atoms with Crippen molar-refractivity contribution in [3.8, 4) is 28.7 Å². The highest BCUT2D eigenvalue weighted by atomic mass is 16.7. The van der Waals surface area contributed by atoms with Gasteiger partial charge in [-0.2, -0.15) is 0 Å². The lowest BCUT2D eigenvalue weighted by Gasteiger charge is -2.41. The molecule has 0 saturated carbocycles. The minimum absolute atomic E-state index is 0.00265. The van der Waals surface area contributed by atoms with E-state index in [0.29, 0.717) is 0 Å². The minimum Gasteiger partial charge on any atom is -0.504 e. The summed E-state index contributed by atoms with van der Waals surface area (Å²) in [6, 6.07) is 3.58. The molecule has 2 fully saturated rings. The molecule has 2 aliphatic heterocycles. The van der Waals surface area contributed by atoms with Crippen molar-refractivity contribution in [2.75, 3.05) is 27.4 Å². The number of benzene rings is 2. The average molecular weight is 599 g/mol. The molecule has 16 nitrogen and oxygen atoms in total. The van der Waals surface area contributed by atoms with Crippen LogP contribution in [0.5, 0.6) is 28.7 Å². The monoisotopic (exact) mass is 598 g/mol. The predicted molar refractivity (Wildman–Crippen MR) is 137 cm³/mol. The molecule has 0 radical (unpaired) electrons. The summed E-state index contributed by atoms with van der Waals surface area (Å²) in [5.74, 6) is -1.49. The molecular weight excluding hydrogens is 568 g/mol. The number of methoxy groups -OCH3 is 2. The first kappa shape index (κ1) is 30.0. The Balaban J connectivity index is 1.42. The van der Waals surface area contributed by atoms with Gasteiger partial charge in [0.15, 0.2) is 40.5 Å². The van der Waals surface area contributed by atoms with Crippen molar-refractivity contribution >= 4 is 21.9 Å². The largest absolute Gasteiger partial charge is 0.504 e. The first-order valence-corrected chi connectivity index (χ1v) is 12.7. The lowest BCUT2D eigenvalue weighted by molar-refractivity contribution is -0.307. The van der Waals surface area contributed by atoms with Crippen molar-refractivity contribution in [1.82, 2.24) is 0 Å². The van der Waals surface area contributed by atoms with Crippen LogP contribution in [-0.2, 0) is 14.2 Å². The smallest absolute Gasteiger partial charge is 0.229 e. The number of aromatic hydroxyl groups is 2. The highest BCUT2D eigenvalue weighted by Crippen LogP contribution is 2.43. The Morgan fingerprint density at radius 2 is 1.57 bits per heavy atom. The molecule has 0 bridgehead atoms. The average Bonchev–Trinajstić information content (AvgIpc) is 2.98. The zero-order chi connectivity index (χ0) is 30.5. The van der Waals surface area contributed by atoms with E-state index in [1.165, 1.54) is 26.4 Å². The first-order valence-electron chi connectivity index (χ1n) is 12.7. The van der Waals surface area contributed by atoms with E-state index in [-0.39, 0.29) is 45.8 Å². The van der Waals surface area contributed by atoms with Gasteiger partial charge in [0.25, 0.3) is 0 Å². The second-order valence-corrected chi connectivity index (χ2v) is 9.77. The number of fused-ring (bicyclic) bond motifs is 2. The van der Waals surface area contributed by atoms with Crippen LogP contribution in [0.2, 0.25) is 0 Å². The molecular formula is C26H30O16. The molecule has 0 spiro atoms. The van der Waals surface area contributed by atoms with Gasteiger partial charge in [0.2, 0.25) is 17.5 Å². The standard InChI is InChI=1S/C26H30O16/c1-36-12-5-9(27)23-14(24(12)37-2)15(29)8-3-4-11(18(32)22(8)42-23)40-26-21(35)19(33)17(31)13(41-26)7-39-25-20(34)16(30)10(28)6-38-25/h3-5,10,13,16-17,19-21,25-28,30-35H,6-7H2,1-2H3/t10-,13-,16+,17-,19+,20-,21-,25+,26-/m1/s1. The summed E-state index contributed by atoms with van der Waals surface area (Å²) < 4.78 is 37.8. The lowest BCUT2D eigenvalue weighted by Crippen LogP contribution is -2.61. The maximum absolute atomic E-state index is 13.3.